The lowest BCUT2D eigenvalue weighted by atomic mass is 10.2. The van der Waals surface area contributed by atoms with Crippen LogP contribution in [0.15, 0.2) is 5.11 Å². The number of hydrogen-bond acceptors (Lipinski definition) is 1. The number of hydrogen-bond donors (Lipinski definition) is 0. The monoisotopic (exact) mass is 127 g/mol. The highest BCUT2D eigenvalue weighted by Gasteiger charge is 1.94. The predicted octanol–water partition coefficient (Wildman–Crippen LogP) is 2.88. The van der Waals surface area contributed by atoms with Gasteiger partial charge >= 0.3 is 0 Å². The molecular formula is C6H13N3. The van der Waals surface area contributed by atoms with Crippen molar-refractivity contribution in [3.05, 3.63) is 10.4 Å². The third-order valence-electron chi connectivity index (χ3n) is 1.22. The molecule has 0 radical (unpaired) electrons. The Labute approximate surface area is 55.7 Å². The molecule has 3 heteroatoms. The van der Waals surface area contributed by atoms with E-state index in [-0.39, 0.29) is 6.04 Å². The summed E-state index contributed by atoms with van der Waals surface area (Å²) < 4.78 is 0. The summed E-state index contributed by atoms with van der Waals surface area (Å²) in [6.07, 6.45) is 3.34. The molecule has 0 unspecified atom stereocenters. The summed E-state index contributed by atoms with van der Waals surface area (Å²) in [7, 11) is 0. The van der Waals surface area contributed by atoms with Gasteiger partial charge in [0.05, 0.1) is 0 Å². The van der Waals surface area contributed by atoms with E-state index in [4.69, 9.17) is 5.53 Å². The first-order chi connectivity index (χ1) is 4.31. The first-order valence-electron chi connectivity index (χ1n) is 3.35. The Balaban J connectivity index is 3.26. The quantitative estimate of drug-likeness (QED) is 0.317. The Hall–Kier alpha value is -0.690. The molecular weight excluding hydrogens is 114 g/mol. The SMILES string of the molecule is CCCC[C@H](C)N=[N+]=[N-]. The van der Waals surface area contributed by atoms with Gasteiger partial charge in [-0.25, -0.2) is 0 Å². The van der Waals surface area contributed by atoms with Gasteiger partial charge in [-0.3, -0.25) is 0 Å². The summed E-state index contributed by atoms with van der Waals surface area (Å²) in [5.74, 6) is 0. The van der Waals surface area contributed by atoms with E-state index in [1.54, 1.807) is 0 Å². The summed E-state index contributed by atoms with van der Waals surface area (Å²) in [5.41, 5.74) is 7.99. The van der Waals surface area contributed by atoms with Gasteiger partial charge in [0, 0.05) is 11.0 Å². The second kappa shape index (κ2) is 5.45. The highest BCUT2D eigenvalue weighted by atomic mass is 15.1. The molecule has 0 amide bonds. The lowest BCUT2D eigenvalue weighted by Crippen LogP contribution is -1.94. The number of azide groups is 1. The molecule has 0 saturated heterocycles. The maximum absolute atomic E-state index is 7.99. The smallest absolute Gasteiger partial charge is 0.0345 e. The summed E-state index contributed by atoms with van der Waals surface area (Å²) in [4.78, 5) is 2.71. The molecule has 0 aromatic heterocycles. The zero-order chi connectivity index (χ0) is 7.11. The van der Waals surface area contributed by atoms with Crippen molar-refractivity contribution in [3.8, 4) is 0 Å². The van der Waals surface area contributed by atoms with Crippen LogP contribution in [0.4, 0.5) is 0 Å². The average molecular weight is 127 g/mol. The minimum atomic E-state index is 0.176. The van der Waals surface area contributed by atoms with Gasteiger partial charge in [0.15, 0.2) is 0 Å². The molecule has 52 valence electrons. The van der Waals surface area contributed by atoms with Crippen LogP contribution in [-0.2, 0) is 0 Å². The van der Waals surface area contributed by atoms with Crippen molar-refractivity contribution in [1.29, 1.82) is 0 Å². The molecule has 3 nitrogen and oxygen atoms in total. The molecule has 0 aromatic carbocycles. The molecule has 0 N–H and O–H groups in total. The van der Waals surface area contributed by atoms with Crippen molar-refractivity contribution >= 4 is 0 Å². The molecule has 0 aliphatic carbocycles. The summed E-state index contributed by atoms with van der Waals surface area (Å²) >= 11 is 0. The van der Waals surface area contributed by atoms with E-state index >= 15 is 0 Å². The standard InChI is InChI=1S/C6H13N3/c1-3-4-5-6(2)8-9-7/h6H,3-5H2,1-2H3/t6-/m0/s1. The van der Waals surface area contributed by atoms with Gasteiger partial charge in [0.25, 0.3) is 0 Å². The Morgan fingerprint density at radius 2 is 2.33 bits per heavy atom. The van der Waals surface area contributed by atoms with Crippen LogP contribution in [0.2, 0.25) is 0 Å². The lowest BCUT2D eigenvalue weighted by Gasteiger charge is -1.99. The van der Waals surface area contributed by atoms with Crippen LogP contribution < -0.4 is 0 Å². The summed E-state index contributed by atoms with van der Waals surface area (Å²) in [6, 6.07) is 0.176. The minimum Gasteiger partial charge on any atom is -0.0909 e. The van der Waals surface area contributed by atoms with Gasteiger partial charge in [-0.1, -0.05) is 31.8 Å². The first-order valence-corrected chi connectivity index (χ1v) is 3.35. The average Bonchev–Trinajstić information content (AvgIpc) is 1.85. The van der Waals surface area contributed by atoms with E-state index in [0.29, 0.717) is 0 Å². The maximum Gasteiger partial charge on any atom is 0.0345 e. The van der Waals surface area contributed by atoms with Crippen LogP contribution in [0, 0.1) is 0 Å². The Morgan fingerprint density at radius 3 is 2.78 bits per heavy atom. The van der Waals surface area contributed by atoms with E-state index in [2.05, 4.69) is 16.9 Å². The van der Waals surface area contributed by atoms with E-state index in [1.807, 2.05) is 6.92 Å². The fourth-order valence-corrected chi connectivity index (χ4v) is 0.645. The summed E-state index contributed by atoms with van der Waals surface area (Å²) in [5, 5.41) is 3.54. The summed E-state index contributed by atoms with van der Waals surface area (Å²) in [6.45, 7) is 4.07. The van der Waals surface area contributed by atoms with Gasteiger partial charge in [-0.2, -0.15) is 0 Å². The van der Waals surface area contributed by atoms with E-state index < -0.39 is 0 Å². The molecule has 0 rings (SSSR count). The van der Waals surface area contributed by atoms with Crippen molar-refractivity contribution in [1.82, 2.24) is 0 Å². The fourth-order valence-electron chi connectivity index (χ4n) is 0.645. The number of rotatable bonds is 4. The number of unbranched alkanes of at least 4 members (excludes halogenated alkanes) is 1. The van der Waals surface area contributed by atoms with Gasteiger partial charge in [0.1, 0.15) is 0 Å². The van der Waals surface area contributed by atoms with Crippen molar-refractivity contribution in [3.63, 3.8) is 0 Å². The molecule has 0 aromatic rings. The molecule has 0 heterocycles. The molecule has 0 spiro atoms. The van der Waals surface area contributed by atoms with E-state index in [1.165, 1.54) is 6.42 Å². The second-order valence-corrected chi connectivity index (χ2v) is 2.20. The van der Waals surface area contributed by atoms with Crippen LogP contribution in [0.25, 0.3) is 10.4 Å². The zero-order valence-corrected chi connectivity index (χ0v) is 6.04. The molecule has 0 aliphatic rings. The van der Waals surface area contributed by atoms with Crippen LogP contribution in [0.3, 0.4) is 0 Å². The molecule has 0 fully saturated rings. The Morgan fingerprint density at radius 1 is 1.67 bits per heavy atom. The topological polar surface area (TPSA) is 48.8 Å². The van der Waals surface area contributed by atoms with Gasteiger partial charge in [-0.15, -0.1) is 0 Å². The van der Waals surface area contributed by atoms with Crippen molar-refractivity contribution in [2.75, 3.05) is 0 Å². The third-order valence-corrected chi connectivity index (χ3v) is 1.22. The van der Waals surface area contributed by atoms with Crippen LogP contribution >= 0.6 is 0 Å². The predicted molar refractivity (Wildman–Crippen MR) is 38.1 cm³/mol. The van der Waals surface area contributed by atoms with Crippen LogP contribution in [0.1, 0.15) is 33.1 Å². The fraction of sp³-hybridized carbons (Fsp3) is 1.00. The lowest BCUT2D eigenvalue weighted by molar-refractivity contribution is 0.613. The highest BCUT2D eigenvalue weighted by Crippen LogP contribution is 2.02. The third kappa shape index (κ3) is 5.18. The van der Waals surface area contributed by atoms with Gasteiger partial charge in [-0.05, 0) is 12.0 Å². The van der Waals surface area contributed by atoms with E-state index in [9.17, 15) is 0 Å². The molecule has 0 saturated carbocycles. The first kappa shape index (κ1) is 8.31. The largest absolute Gasteiger partial charge is 0.0909 e. The van der Waals surface area contributed by atoms with Crippen molar-refractivity contribution in [2.24, 2.45) is 5.11 Å². The Bertz CT molecular complexity index is 105. The van der Waals surface area contributed by atoms with Crippen molar-refractivity contribution in [2.45, 2.75) is 39.2 Å². The van der Waals surface area contributed by atoms with Gasteiger partial charge < -0.3 is 0 Å². The molecule has 9 heavy (non-hydrogen) atoms. The highest BCUT2D eigenvalue weighted by molar-refractivity contribution is 4.59. The Kier molecular flexibility index (Phi) is 5.03. The van der Waals surface area contributed by atoms with Crippen LogP contribution in [-0.4, -0.2) is 6.04 Å². The van der Waals surface area contributed by atoms with Gasteiger partial charge in [0.2, 0.25) is 0 Å². The molecule has 0 aliphatic heterocycles. The second-order valence-electron chi connectivity index (χ2n) is 2.20. The maximum atomic E-state index is 7.99. The number of nitrogens with zero attached hydrogens (tertiary/aromatic N) is 3. The molecule has 1 atom stereocenters. The van der Waals surface area contributed by atoms with E-state index in [0.717, 1.165) is 12.8 Å². The molecule has 0 bridgehead atoms. The van der Waals surface area contributed by atoms with Crippen LogP contribution in [0.5, 0.6) is 0 Å². The zero-order valence-electron chi connectivity index (χ0n) is 6.04. The normalized spacial score (nSPS) is 12.2. The minimum absolute atomic E-state index is 0.176. The van der Waals surface area contributed by atoms with Crippen molar-refractivity contribution < 1.29 is 0 Å².